The number of amides is 1. The van der Waals surface area contributed by atoms with Crippen molar-refractivity contribution in [3.05, 3.63) is 12.3 Å². The van der Waals surface area contributed by atoms with E-state index in [-0.39, 0.29) is 11.8 Å². The summed E-state index contributed by atoms with van der Waals surface area (Å²) in [4.78, 5) is 11.1. The van der Waals surface area contributed by atoms with Gasteiger partial charge >= 0.3 is 0 Å². The molecule has 10 heavy (non-hydrogen) atoms. The summed E-state index contributed by atoms with van der Waals surface area (Å²) in [6.45, 7) is 0. The van der Waals surface area contributed by atoms with E-state index in [0.29, 0.717) is 5.92 Å². The summed E-state index contributed by atoms with van der Waals surface area (Å²) >= 11 is 1.87. The Hall–Kier alpha value is -0.440. The van der Waals surface area contributed by atoms with Gasteiger partial charge in [-0.05, 0) is 5.92 Å². The second kappa shape index (κ2) is 2.31. The fourth-order valence-corrected chi connectivity index (χ4v) is 2.80. The Balaban J connectivity index is 2.22. The monoisotopic (exact) mass is 155 g/mol. The first-order chi connectivity index (χ1) is 4.88. The molecule has 1 fully saturated rings. The smallest absolute Gasteiger partial charge is 0.228 e. The first kappa shape index (κ1) is 6.28. The van der Waals surface area contributed by atoms with Crippen LogP contribution in [0.5, 0.6) is 0 Å². The van der Waals surface area contributed by atoms with Crippen LogP contribution in [0.4, 0.5) is 0 Å². The highest BCUT2D eigenvalue weighted by Gasteiger charge is 2.33. The molecule has 54 valence electrons. The average molecular weight is 155 g/mol. The maximum atomic E-state index is 11.1. The van der Waals surface area contributed by atoms with Crippen LogP contribution in [0.3, 0.4) is 0 Å². The molecule has 1 N–H and O–H groups in total. The lowest BCUT2D eigenvalue weighted by Crippen LogP contribution is -2.34. The van der Waals surface area contributed by atoms with E-state index in [0.717, 1.165) is 11.5 Å². The lowest BCUT2D eigenvalue weighted by molar-refractivity contribution is -0.124. The van der Waals surface area contributed by atoms with Gasteiger partial charge in [0.2, 0.25) is 5.91 Å². The Morgan fingerprint density at radius 1 is 1.60 bits per heavy atom. The number of carbonyl (C=O) groups excluding carboxylic acids is 1. The second-order valence-electron chi connectivity index (χ2n) is 2.68. The number of rotatable bonds is 0. The summed E-state index contributed by atoms with van der Waals surface area (Å²) in [5.41, 5.74) is 0. The van der Waals surface area contributed by atoms with Gasteiger partial charge in [-0.25, -0.2) is 0 Å². The molecule has 1 saturated heterocycles. The number of nitrogens with one attached hydrogen (secondary N) is 1. The highest BCUT2D eigenvalue weighted by atomic mass is 32.2. The molecule has 2 aliphatic rings. The Labute approximate surface area is 64.1 Å². The number of hydrogen-bond acceptors (Lipinski definition) is 2. The van der Waals surface area contributed by atoms with Crippen LogP contribution in [0.1, 0.15) is 0 Å². The molecule has 3 heteroatoms. The zero-order valence-electron chi connectivity index (χ0n) is 5.54. The van der Waals surface area contributed by atoms with Gasteiger partial charge in [0, 0.05) is 17.7 Å². The van der Waals surface area contributed by atoms with E-state index in [1.807, 2.05) is 11.8 Å². The van der Waals surface area contributed by atoms with Crippen LogP contribution >= 0.6 is 11.8 Å². The normalized spacial score (nSPS) is 37.4. The fraction of sp³-hybridized carbons (Fsp3) is 0.571. The van der Waals surface area contributed by atoms with Gasteiger partial charge in [0.15, 0.2) is 0 Å². The van der Waals surface area contributed by atoms with Crippen LogP contribution in [0, 0.1) is 11.8 Å². The average Bonchev–Trinajstić information content (AvgIpc) is 2.36. The van der Waals surface area contributed by atoms with Crippen molar-refractivity contribution < 1.29 is 4.79 Å². The molecule has 0 radical (unpaired) electrons. The zero-order chi connectivity index (χ0) is 6.97. The van der Waals surface area contributed by atoms with Crippen LogP contribution in [0.25, 0.3) is 0 Å². The van der Waals surface area contributed by atoms with Crippen molar-refractivity contribution in [3.63, 3.8) is 0 Å². The van der Waals surface area contributed by atoms with Crippen molar-refractivity contribution in [2.45, 2.75) is 0 Å². The zero-order valence-corrected chi connectivity index (χ0v) is 6.36. The van der Waals surface area contributed by atoms with Crippen molar-refractivity contribution in [1.29, 1.82) is 0 Å². The number of fused-ring (bicyclic) bond motifs is 1. The third kappa shape index (κ3) is 0.850. The van der Waals surface area contributed by atoms with Crippen LogP contribution in [0.2, 0.25) is 0 Å². The molecule has 0 aromatic heterocycles. The largest absolute Gasteiger partial charge is 0.333 e. The van der Waals surface area contributed by atoms with E-state index in [2.05, 4.69) is 11.4 Å². The summed E-state index contributed by atoms with van der Waals surface area (Å²) in [6.07, 6.45) is 3.88. The van der Waals surface area contributed by atoms with E-state index in [1.165, 1.54) is 0 Å². The predicted octanol–water partition coefficient (Wildman–Crippen LogP) is 0.609. The fourth-order valence-electron chi connectivity index (χ4n) is 1.39. The van der Waals surface area contributed by atoms with E-state index in [4.69, 9.17) is 0 Å². The number of allylic oxidation sites excluding steroid dienone is 1. The summed E-state index contributed by atoms with van der Waals surface area (Å²) in [5.74, 6) is 3.10. The number of hydrogen-bond donors (Lipinski definition) is 1. The summed E-state index contributed by atoms with van der Waals surface area (Å²) in [5, 5.41) is 2.72. The van der Waals surface area contributed by atoms with Gasteiger partial charge in [0.25, 0.3) is 0 Å². The highest BCUT2D eigenvalue weighted by Crippen LogP contribution is 2.32. The highest BCUT2D eigenvalue weighted by molar-refractivity contribution is 7.99. The Morgan fingerprint density at radius 2 is 2.50 bits per heavy atom. The molecule has 0 aromatic carbocycles. The minimum atomic E-state index is 0.206. The van der Waals surface area contributed by atoms with E-state index >= 15 is 0 Å². The molecule has 2 rings (SSSR count). The molecule has 0 spiro atoms. The lowest BCUT2D eigenvalue weighted by atomic mass is 9.93. The van der Waals surface area contributed by atoms with Crippen LogP contribution in [-0.2, 0) is 4.79 Å². The maximum Gasteiger partial charge on any atom is 0.228 e. The number of thioether (sulfide) groups is 1. The van der Waals surface area contributed by atoms with Crippen molar-refractivity contribution in [2.24, 2.45) is 11.8 Å². The van der Waals surface area contributed by atoms with E-state index < -0.39 is 0 Å². The first-order valence-corrected chi connectivity index (χ1v) is 4.58. The molecule has 2 nitrogen and oxygen atoms in total. The molecule has 2 aliphatic heterocycles. The Kier molecular flexibility index (Phi) is 1.45. The summed E-state index contributed by atoms with van der Waals surface area (Å²) in [6, 6.07) is 0. The Morgan fingerprint density at radius 3 is 3.30 bits per heavy atom. The molecular weight excluding hydrogens is 146 g/mol. The lowest BCUT2D eigenvalue weighted by Gasteiger charge is -2.17. The van der Waals surface area contributed by atoms with E-state index in [1.54, 1.807) is 6.20 Å². The molecule has 2 unspecified atom stereocenters. The van der Waals surface area contributed by atoms with Crippen molar-refractivity contribution >= 4 is 17.7 Å². The quantitative estimate of drug-likeness (QED) is 0.555. The van der Waals surface area contributed by atoms with Crippen LogP contribution < -0.4 is 5.32 Å². The van der Waals surface area contributed by atoms with Gasteiger partial charge in [0.1, 0.15) is 0 Å². The van der Waals surface area contributed by atoms with Crippen molar-refractivity contribution in [3.8, 4) is 0 Å². The SMILES string of the molecule is O=C1NC=CC2CSCC12. The maximum absolute atomic E-state index is 11.1. The minimum absolute atomic E-state index is 0.206. The summed E-state index contributed by atoms with van der Waals surface area (Å²) < 4.78 is 0. The van der Waals surface area contributed by atoms with Gasteiger partial charge in [-0.1, -0.05) is 6.08 Å². The predicted molar refractivity (Wildman–Crippen MR) is 41.6 cm³/mol. The third-order valence-corrected chi connectivity index (χ3v) is 3.25. The van der Waals surface area contributed by atoms with Crippen LogP contribution in [-0.4, -0.2) is 17.4 Å². The standard InChI is InChI=1S/C7H9NOS/c9-7-6-4-10-3-5(6)1-2-8-7/h1-2,5-6H,3-4H2,(H,8,9). The van der Waals surface area contributed by atoms with Gasteiger partial charge in [0.05, 0.1) is 5.92 Å². The summed E-state index contributed by atoms with van der Waals surface area (Å²) in [7, 11) is 0. The number of carbonyl (C=O) groups is 1. The van der Waals surface area contributed by atoms with E-state index in [9.17, 15) is 4.79 Å². The Bertz CT molecular complexity index is 190. The first-order valence-electron chi connectivity index (χ1n) is 3.43. The molecule has 1 amide bonds. The van der Waals surface area contributed by atoms with Gasteiger partial charge in [-0.3, -0.25) is 4.79 Å². The van der Waals surface area contributed by atoms with Gasteiger partial charge in [-0.2, -0.15) is 11.8 Å². The molecule has 0 bridgehead atoms. The van der Waals surface area contributed by atoms with Crippen molar-refractivity contribution in [2.75, 3.05) is 11.5 Å². The molecule has 2 heterocycles. The molecular formula is C7H9NOS. The molecule has 0 aliphatic carbocycles. The van der Waals surface area contributed by atoms with Gasteiger partial charge < -0.3 is 5.32 Å². The molecule has 2 atom stereocenters. The molecule has 0 aromatic rings. The molecule has 0 saturated carbocycles. The van der Waals surface area contributed by atoms with Gasteiger partial charge in [-0.15, -0.1) is 0 Å². The third-order valence-electron chi connectivity index (χ3n) is 2.03. The minimum Gasteiger partial charge on any atom is -0.333 e. The van der Waals surface area contributed by atoms with Crippen LogP contribution in [0.15, 0.2) is 12.3 Å². The topological polar surface area (TPSA) is 29.1 Å². The second-order valence-corrected chi connectivity index (χ2v) is 3.75. The van der Waals surface area contributed by atoms with Crippen molar-refractivity contribution in [1.82, 2.24) is 5.32 Å².